The minimum absolute atomic E-state index is 0.0311. The summed E-state index contributed by atoms with van der Waals surface area (Å²) in [6.07, 6.45) is 0.465. The summed E-state index contributed by atoms with van der Waals surface area (Å²) >= 11 is 6.13. The molecule has 226 valence electrons. The van der Waals surface area contributed by atoms with Crippen molar-refractivity contribution in [1.82, 2.24) is 20.4 Å². The Morgan fingerprint density at radius 1 is 1.05 bits per heavy atom. The maximum atomic E-state index is 13.8. The van der Waals surface area contributed by atoms with Crippen LogP contribution in [-0.2, 0) is 43.6 Å². The zero-order valence-electron chi connectivity index (χ0n) is 23.6. The maximum Gasteiger partial charge on any atom is 0.408 e. The number of ether oxygens (including phenoxy) is 2. The normalized spacial score (nSPS) is 17.4. The summed E-state index contributed by atoms with van der Waals surface area (Å²) in [5.41, 5.74) is 8.29. The highest BCUT2D eigenvalue weighted by atomic mass is 35.5. The van der Waals surface area contributed by atoms with Gasteiger partial charge in [-0.05, 0) is 48.1 Å². The van der Waals surface area contributed by atoms with E-state index in [2.05, 4.69) is 10.6 Å². The molecular weight excluding hydrogens is 562 g/mol. The third-order valence-corrected chi connectivity index (χ3v) is 7.73. The standard InChI is InChI=1S/C30H38ClN5O6/c31-24-9-8-22(18-32)23(17-24)19-33-28(38)26-7-4-12-36(26)29(39)25(10-11-27(37)35-13-15-41-16-14-35)34-30(40)42-20-21-5-2-1-3-6-21/h1-3,5-6,8-9,17,25-26H,4,7,10-16,18-20,32H2,(H,33,38)(H,34,40)/t25-,26?/m1/s1. The highest BCUT2D eigenvalue weighted by Crippen LogP contribution is 2.21. The van der Waals surface area contributed by atoms with Gasteiger partial charge in [-0.2, -0.15) is 0 Å². The summed E-state index contributed by atoms with van der Waals surface area (Å²) in [4.78, 5) is 55.8. The Morgan fingerprint density at radius 3 is 2.55 bits per heavy atom. The number of alkyl carbamates (subject to hydrolysis) is 1. The maximum absolute atomic E-state index is 13.8. The van der Waals surface area contributed by atoms with Crippen LogP contribution in [0.4, 0.5) is 4.79 Å². The number of nitrogens with one attached hydrogen (secondary N) is 2. The highest BCUT2D eigenvalue weighted by Gasteiger charge is 2.38. The third-order valence-electron chi connectivity index (χ3n) is 7.49. The molecule has 2 aromatic rings. The molecule has 4 amide bonds. The predicted octanol–water partition coefficient (Wildman–Crippen LogP) is 2.34. The van der Waals surface area contributed by atoms with Gasteiger partial charge in [0.2, 0.25) is 17.7 Å². The first-order valence-electron chi connectivity index (χ1n) is 14.2. The van der Waals surface area contributed by atoms with Crippen LogP contribution in [0.25, 0.3) is 0 Å². The molecule has 2 aromatic carbocycles. The van der Waals surface area contributed by atoms with E-state index in [0.29, 0.717) is 57.3 Å². The molecule has 2 heterocycles. The number of nitrogens with zero attached hydrogens (tertiary/aromatic N) is 2. The minimum atomic E-state index is -1.04. The van der Waals surface area contributed by atoms with Crippen molar-refractivity contribution >= 4 is 35.4 Å². The molecule has 2 atom stereocenters. The van der Waals surface area contributed by atoms with Crippen molar-refractivity contribution in [2.45, 2.75) is 57.5 Å². The molecule has 1 unspecified atom stereocenters. The largest absolute Gasteiger partial charge is 0.445 e. The van der Waals surface area contributed by atoms with Crippen LogP contribution in [0.3, 0.4) is 0 Å². The molecule has 4 N–H and O–H groups in total. The molecule has 12 heteroatoms. The second-order valence-corrected chi connectivity index (χ2v) is 10.8. The fourth-order valence-electron chi connectivity index (χ4n) is 5.16. The predicted molar refractivity (Wildman–Crippen MR) is 156 cm³/mol. The van der Waals surface area contributed by atoms with Crippen LogP contribution in [0.2, 0.25) is 5.02 Å². The Kier molecular flexibility index (Phi) is 11.6. The highest BCUT2D eigenvalue weighted by molar-refractivity contribution is 6.30. The fraction of sp³-hybridized carbons (Fsp3) is 0.467. The van der Waals surface area contributed by atoms with Gasteiger partial charge in [0.15, 0.2) is 0 Å². The summed E-state index contributed by atoms with van der Waals surface area (Å²) < 4.78 is 10.7. The molecule has 0 radical (unpaired) electrons. The molecule has 0 aliphatic carbocycles. The minimum Gasteiger partial charge on any atom is -0.445 e. The van der Waals surface area contributed by atoms with Gasteiger partial charge in [0.1, 0.15) is 18.7 Å². The van der Waals surface area contributed by atoms with Gasteiger partial charge in [0.05, 0.1) is 13.2 Å². The van der Waals surface area contributed by atoms with E-state index in [1.165, 1.54) is 4.90 Å². The van der Waals surface area contributed by atoms with Crippen LogP contribution in [0, 0.1) is 0 Å². The van der Waals surface area contributed by atoms with E-state index in [4.69, 9.17) is 26.8 Å². The molecule has 42 heavy (non-hydrogen) atoms. The summed E-state index contributed by atoms with van der Waals surface area (Å²) in [6, 6.07) is 12.8. The number of hydrogen-bond donors (Lipinski definition) is 3. The van der Waals surface area contributed by atoms with Crippen LogP contribution < -0.4 is 16.4 Å². The van der Waals surface area contributed by atoms with Gasteiger partial charge < -0.3 is 35.6 Å². The fourth-order valence-corrected chi connectivity index (χ4v) is 5.36. The molecule has 0 spiro atoms. The average molecular weight is 600 g/mol. The van der Waals surface area contributed by atoms with Crippen molar-refractivity contribution in [1.29, 1.82) is 0 Å². The number of carbonyl (C=O) groups is 4. The molecule has 0 aromatic heterocycles. The number of nitrogens with two attached hydrogens (primary N) is 1. The zero-order chi connectivity index (χ0) is 29.9. The van der Waals surface area contributed by atoms with Crippen LogP contribution in [0.15, 0.2) is 48.5 Å². The van der Waals surface area contributed by atoms with Gasteiger partial charge in [0, 0.05) is 44.2 Å². The first-order valence-corrected chi connectivity index (χ1v) is 14.6. The number of likely N-dealkylation sites (tertiary alicyclic amines) is 1. The average Bonchev–Trinajstić information content (AvgIpc) is 3.51. The molecule has 2 aliphatic rings. The van der Waals surface area contributed by atoms with Gasteiger partial charge in [-0.25, -0.2) is 4.79 Å². The van der Waals surface area contributed by atoms with Gasteiger partial charge in [-0.15, -0.1) is 0 Å². The number of morpholine rings is 1. The van der Waals surface area contributed by atoms with E-state index in [1.54, 1.807) is 17.0 Å². The summed E-state index contributed by atoms with van der Waals surface area (Å²) in [5.74, 6) is -0.855. The Labute approximate surface area is 250 Å². The van der Waals surface area contributed by atoms with Crippen molar-refractivity contribution in [2.75, 3.05) is 32.8 Å². The van der Waals surface area contributed by atoms with Crippen molar-refractivity contribution < 1.29 is 28.7 Å². The Hall–Kier alpha value is -3.67. The first-order chi connectivity index (χ1) is 20.4. The van der Waals surface area contributed by atoms with E-state index in [1.807, 2.05) is 36.4 Å². The van der Waals surface area contributed by atoms with Crippen molar-refractivity contribution in [2.24, 2.45) is 5.73 Å². The summed E-state index contributed by atoms with van der Waals surface area (Å²) in [6.45, 7) is 2.79. The lowest BCUT2D eigenvalue weighted by Crippen LogP contribution is -2.53. The number of amides is 4. The van der Waals surface area contributed by atoms with Gasteiger partial charge in [-0.1, -0.05) is 48.0 Å². The summed E-state index contributed by atoms with van der Waals surface area (Å²) in [7, 11) is 0. The van der Waals surface area contributed by atoms with Crippen molar-refractivity contribution in [3.05, 3.63) is 70.2 Å². The topological polar surface area (TPSA) is 143 Å². The Bertz CT molecular complexity index is 1240. The Balaban J connectivity index is 1.41. The van der Waals surface area contributed by atoms with Gasteiger partial charge in [-0.3, -0.25) is 14.4 Å². The molecule has 0 bridgehead atoms. The van der Waals surface area contributed by atoms with Crippen LogP contribution in [-0.4, -0.2) is 78.5 Å². The molecule has 2 fully saturated rings. The number of benzene rings is 2. The molecule has 0 saturated carbocycles. The molecule has 11 nitrogen and oxygen atoms in total. The van der Waals surface area contributed by atoms with E-state index >= 15 is 0 Å². The quantitative estimate of drug-likeness (QED) is 0.360. The van der Waals surface area contributed by atoms with Crippen molar-refractivity contribution in [3.63, 3.8) is 0 Å². The number of halogens is 1. The number of carbonyl (C=O) groups excluding carboxylic acids is 4. The van der Waals surface area contributed by atoms with Crippen LogP contribution in [0.5, 0.6) is 0 Å². The molecule has 2 saturated heterocycles. The monoisotopic (exact) mass is 599 g/mol. The second kappa shape index (κ2) is 15.5. The zero-order valence-corrected chi connectivity index (χ0v) is 24.3. The van der Waals surface area contributed by atoms with E-state index in [-0.39, 0.29) is 37.8 Å². The lowest BCUT2D eigenvalue weighted by Gasteiger charge is -2.30. The first kappa shape index (κ1) is 31.3. The molecule has 2 aliphatic heterocycles. The third kappa shape index (κ3) is 8.67. The summed E-state index contributed by atoms with van der Waals surface area (Å²) in [5, 5.41) is 6.10. The smallest absolute Gasteiger partial charge is 0.408 e. The Morgan fingerprint density at radius 2 is 1.81 bits per heavy atom. The van der Waals surface area contributed by atoms with Gasteiger partial charge in [0.25, 0.3) is 0 Å². The van der Waals surface area contributed by atoms with Crippen molar-refractivity contribution in [3.8, 4) is 0 Å². The van der Waals surface area contributed by atoms with Crippen LogP contribution in [0.1, 0.15) is 42.4 Å². The van der Waals surface area contributed by atoms with Crippen LogP contribution >= 0.6 is 11.6 Å². The SMILES string of the molecule is NCc1ccc(Cl)cc1CNC(=O)C1CCCN1C(=O)[C@@H](CCC(=O)N1CCOCC1)NC(=O)OCc1ccccc1. The molecule has 4 rings (SSSR count). The number of rotatable bonds is 11. The molecular formula is C30H38ClN5O6. The van der Waals surface area contributed by atoms with E-state index in [0.717, 1.165) is 16.7 Å². The van der Waals surface area contributed by atoms with E-state index < -0.39 is 24.1 Å². The van der Waals surface area contributed by atoms with E-state index in [9.17, 15) is 19.2 Å². The number of hydrogen-bond acceptors (Lipinski definition) is 7. The lowest BCUT2D eigenvalue weighted by molar-refractivity contribution is -0.141. The second-order valence-electron chi connectivity index (χ2n) is 10.3. The van der Waals surface area contributed by atoms with Gasteiger partial charge >= 0.3 is 6.09 Å². The lowest BCUT2D eigenvalue weighted by atomic mass is 10.1.